The predicted molar refractivity (Wildman–Crippen MR) is 76.9 cm³/mol. The molecule has 1 aliphatic rings. The molecule has 1 amide bonds. The van der Waals surface area contributed by atoms with E-state index < -0.39 is 6.04 Å². The second-order valence-corrected chi connectivity index (χ2v) is 5.45. The Balaban J connectivity index is 2.09. The van der Waals surface area contributed by atoms with Gasteiger partial charge >= 0.3 is 0 Å². The van der Waals surface area contributed by atoms with Crippen molar-refractivity contribution in [2.45, 2.75) is 24.9 Å². The standard InChI is InChI=1S/C15H22FN3O/c1-19(2)14(11-4-3-5-12(16)10-11)15(20)18-13-6-8-17-9-7-13/h3-5,10,13-14,17H,6-9H2,1-2H3,(H,18,20). The monoisotopic (exact) mass is 279 g/mol. The number of hydrogen-bond acceptors (Lipinski definition) is 3. The van der Waals surface area contributed by atoms with Gasteiger partial charge < -0.3 is 10.6 Å². The van der Waals surface area contributed by atoms with Gasteiger partial charge in [0.15, 0.2) is 0 Å². The Morgan fingerprint density at radius 1 is 1.40 bits per heavy atom. The van der Waals surface area contributed by atoms with Crippen LogP contribution in [0.2, 0.25) is 0 Å². The zero-order valence-corrected chi connectivity index (χ0v) is 12.0. The summed E-state index contributed by atoms with van der Waals surface area (Å²) < 4.78 is 13.4. The molecule has 5 heteroatoms. The van der Waals surface area contributed by atoms with E-state index in [1.54, 1.807) is 12.1 Å². The first kappa shape index (κ1) is 14.9. The average Bonchev–Trinajstić information content (AvgIpc) is 2.39. The van der Waals surface area contributed by atoms with Gasteiger partial charge in [0.1, 0.15) is 11.9 Å². The number of rotatable bonds is 4. The second-order valence-electron chi connectivity index (χ2n) is 5.45. The Morgan fingerprint density at radius 3 is 2.70 bits per heavy atom. The van der Waals surface area contributed by atoms with Crippen LogP contribution in [0.3, 0.4) is 0 Å². The van der Waals surface area contributed by atoms with Crippen molar-refractivity contribution in [2.24, 2.45) is 0 Å². The summed E-state index contributed by atoms with van der Waals surface area (Å²) in [5.74, 6) is -0.378. The molecule has 4 nitrogen and oxygen atoms in total. The van der Waals surface area contributed by atoms with Crippen LogP contribution in [-0.2, 0) is 4.79 Å². The number of carbonyl (C=O) groups excluding carboxylic acids is 1. The molecule has 1 aromatic rings. The SMILES string of the molecule is CN(C)C(C(=O)NC1CCNCC1)c1cccc(F)c1. The lowest BCUT2D eigenvalue weighted by molar-refractivity contribution is -0.126. The highest BCUT2D eigenvalue weighted by Gasteiger charge is 2.25. The minimum atomic E-state index is -0.458. The van der Waals surface area contributed by atoms with Gasteiger partial charge in [0.25, 0.3) is 0 Å². The smallest absolute Gasteiger partial charge is 0.242 e. The summed E-state index contributed by atoms with van der Waals surface area (Å²) in [4.78, 5) is 14.3. The fourth-order valence-electron chi connectivity index (χ4n) is 2.61. The molecular formula is C15H22FN3O. The van der Waals surface area contributed by atoms with Gasteiger partial charge in [0.2, 0.25) is 5.91 Å². The number of benzene rings is 1. The maximum atomic E-state index is 13.4. The third kappa shape index (κ3) is 3.77. The number of carbonyl (C=O) groups is 1. The van der Waals surface area contributed by atoms with Crippen molar-refractivity contribution in [1.82, 2.24) is 15.5 Å². The van der Waals surface area contributed by atoms with E-state index in [-0.39, 0.29) is 17.8 Å². The third-order valence-corrected chi connectivity index (χ3v) is 3.61. The second kappa shape index (κ2) is 6.81. The van der Waals surface area contributed by atoms with Gasteiger partial charge in [-0.3, -0.25) is 9.69 Å². The molecule has 1 fully saturated rings. The quantitative estimate of drug-likeness (QED) is 0.873. The van der Waals surface area contributed by atoms with Gasteiger partial charge in [-0.05, 0) is 57.7 Å². The van der Waals surface area contributed by atoms with Crippen LogP contribution >= 0.6 is 0 Å². The van der Waals surface area contributed by atoms with Gasteiger partial charge in [0, 0.05) is 6.04 Å². The van der Waals surface area contributed by atoms with E-state index in [1.165, 1.54) is 12.1 Å². The number of halogens is 1. The lowest BCUT2D eigenvalue weighted by Crippen LogP contribution is -2.46. The Morgan fingerprint density at radius 2 is 2.10 bits per heavy atom. The number of amides is 1. The van der Waals surface area contributed by atoms with Crippen molar-refractivity contribution in [2.75, 3.05) is 27.2 Å². The molecule has 0 radical (unpaired) electrons. The molecule has 1 aliphatic heterocycles. The summed E-state index contributed by atoms with van der Waals surface area (Å²) in [5.41, 5.74) is 0.682. The highest BCUT2D eigenvalue weighted by Crippen LogP contribution is 2.20. The maximum absolute atomic E-state index is 13.4. The van der Waals surface area contributed by atoms with E-state index in [9.17, 15) is 9.18 Å². The van der Waals surface area contributed by atoms with Gasteiger partial charge in [-0.25, -0.2) is 4.39 Å². The lowest BCUT2D eigenvalue weighted by Gasteiger charge is -2.29. The van der Waals surface area contributed by atoms with Crippen LogP contribution < -0.4 is 10.6 Å². The largest absolute Gasteiger partial charge is 0.352 e. The zero-order valence-electron chi connectivity index (χ0n) is 12.0. The molecule has 1 aromatic carbocycles. The first-order chi connectivity index (χ1) is 9.58. The van der Waals surface area contributed by atoms with Crippen molar-refractivity contribution in [3.8, 4) is 0 Å². The van der Waals surface area contributed by atoms with E-state index in [4.69, 9.17) is 0 Å². The van der Waals surface area contributed by atoms with E-state index in [2.05, 4.69) is 10.6 Å². The fraction of sp³-hybridized carbons (Fsp3) is 0.533. The fourth-order valence-corrected chi connectivity index (χ4v) is 2.61. The topological polar surface area (TPSA) is 44.4 Å². The summed E-state index contributed by atoms with van der Waals surface area (Å²) >= 11 is 0. The molecule has 0 bridgehead atoms. The van der Waals surface area contributed by atoms with E-state index in [0.29, 0.717) is 5.56 Å². The van der Waals surface area contributed by atoms with Crippen LogP contribution in [0.5, 0.6) is 0 Å². The van der Waals surface area contributed by atoms with Gasteiger partial charge in [-0.2, -0.15) is 0 Å². The zero-order chi connectivity index (χ0) is 14.5. The van der Waals surface area contributed by atoms with Crippen molar-refractivity contribution in [3.05, 3.63) is 35.6 Å². The van der Waals surface area contributed by atoms with Crippen molar-refractivity contribution < 1.29 is 9.18 Å². The lowest BCUT2D eigenvalue weighted by atomic mass is 10.0. The summed E-state index contributed by atoms with van der Waals surface area (Å²) in [6, 6.07) is 5.99. The Hall–Kier alpha value is -1.46. The Bertz CT molecular complexity index is 458. The van der Waals surface area contributed by atoms with Crippen molar-refractivity contribution >= 4 is 5.91 Å². The molecule has 0 saturated carbocycles. The number of nitrogens with zero attached hydrogens (tertiary/aromatic N) is 1. The third-order valence-electron chi connectivity index (χ3n) is 3.61. The molecule has 20 heavy (non-hydrogen) atoms. The number of hydrogen-bond donors (Lipinski definition) is 2. The molecule has 1 heterocycles. The summed E-state index contributed by atoms with van der Waals surface area (Å²) in [6.45, 7) is 1.86. The van der Waals surface area contributed by atoms with Crippen molar-refractivity contribution in [1.29, 1.82) is 0 Å². The van der Waals surface area contributed by atoms with Gasteiger partial charge in [0.05, 0.1) is 0 Å². The first-order valence-corrected chi connectivity index (χ1v) is 7.01. The number of nitrogens with one attached hydrogen (secondary N) is 2. The molecule has 110 valence electrons. The molecule has 2 rings (SSSR count). The number of likely N-dealkylation sites (N-methyl/N-ethyl adjacent to an activating group) is 1. The molecular weight excluding hydrogens is 257 g/mol. The molecule has 0 spiro atoms. The first-order valence-electron chi connectivity index (χ1n) is 7.01. The van der Waals surface area contributed by atoms with Crippen LogP contribution in [0.1, 0.15) is 24.4 Å². The normalized spacial score (nSPS) is 18.0. The minimum absolute atomic E-state index is 0.0625. The van der Waals surface area contributed by atoms with E-state index >= 15 is 0 Å². The van der Waals surface area contributed by atoms with Crippen LogP contribution in [-0.4, -0.2) is 44.0 Å². The van der Waals surface area contributed by atoms with Crippen LogP contribution in [0, 0.1) is 5.82 Å². The molecule has 1 saturated heterocycles. The minimum Gasteiger partial charge on any atom is -0.352 e. The van der Waals surface area contributed by atoms with Gasteiger partial charge in [-0.15, -0.1) is 0 Å². The van der Waals surface area contributed by atoms with Gasteiger partial charge in [-0.1, -0.05) is 12.1 Å². The maximum Gasteiger partial charge on any atom is 0.242 e. The van der Waals surface area contributed by atoms with Crippen LogP contribution in [0.4, 0.5) is 4.39 Å². The van der Waals surface area contributed by atoms with Crippen LogP contribution in [0.25, 0.3) is 0 Å². The average molecular weight is 279 g/mol. The molecule has 0 aliphatic carbocycles. The Kier molecular flexibility index (Phi) is 5.09. The molecule has 1 atom stereocenters. The molecule has 1 unspecified atom stereocenters. The van der Waals surface area contributed by atoms with E-state index in [0.717, 1.165) is 25.9 Å². The van der Waals surface area contributed by atoms with E-state index in [1.807, 2.05) is 19.0 Å². The number of piperidine rings is 1. The highest BCUT2D eigenvalue weighted by atomic mass is 19.1. The highest BCUT2D eigenvalue weighted by molar-refractivity contribution is 5.83. The molecule has 0 aromatic heterocycles. The predicted octanol–water partition coefficient (Wildman–Crippen LogP) is 1.30. The Labute approximate surface area is 119 Å². The van der Waals surface area contributed by atoms with Crippen molar-refractivity contribution in [3.63, 3.8) is 0 Å². The van der Waals surface area contributed by atoms with Crippen LogP contribution in [0.15, 0.2) is 24.3 Å². The molecule has 2 N–H and O–H groups in total. The summed E-state index contributed by atoms with van der Waals surface area (Å²) in [7, 11) is 3.66. The summed E-state index contributed by atoms with van der Waals surface area (Å²) in [6.07, 6.45) is 1.88. The summed E-state index contributed by atoms with van der Waals surface area (Å²) in [5, 5.41) is 6.34.